The van der Waals surface area contributed by atoms with Gasteiger partial charge in [-0.15, -0.1) is 0 Å². The molecular formula is C17H9ClN2O6. The molecule has 0 aromatic heterocycles. The van der Waals surface area contributed by atoms with Gasteiger partial charge in [0.2, 0.25) is 12.7 Å². The lowest BCUT2D eigenvalue weighted by atomic mass is 10.1. The number of carbonyl (C=O) groups is 1. The number of benzene rings is 2. The molecule has 2 aromatic carbocycles. The van der Waals surface area contributed by atoms with Gasteiger partial charge in [-0.2, -0.15) is 0 Å². The summed E-state index contributed by atoms with van der Waals surface area (Å²) in [7, 11) is 0. The predicted octanol–water partition coefficient (Wildman–Crippen LogP) is 3.32. The molecule has 2 heterocycles. The fourth-order valence-electron chi connectivity index (χ4n) is 2.48. The number of nitrogens with zero attached hydrogens (tertiary/aromatic N) is 2. The second kappa shape index (κ2) is 6.16. The first-order valence-electron chi connectivity index (χ1n) is 7.38. The minimum absolute atomic E-state index is 0.0122. The van der Waals surface area contributed by atoms with Crippen LogP contribution in [-0.2, 0) is 9.53 Å². The molecule has 0 amide bonds. The van der Waals surface area contributed by atoms with Crippen LogP contribution >= 0.6 is 11.6 Å². The van der Waals surface area contributed by atoms with Crippen LogP contribution in [0.25, 0.3) is 6.08 Å². The fraction of sp³-hybridized carbons (Fsp3) is 0.0588. The van der Waals surface area contributed by atoms with Crippen molar-refractivity contribution in [2.24, 2.45) is 4.99 Å². The summed E-state index contributed by atoms with van der Waals surface area (Å²) in [4.78, 5) is 26.6. The standard InChI is InChI=1S/C17H9ClN2O6/c18-12-7-15-14(24-8-25-15)6-10(12)5-13-17(21)26-16(19-13)9-2-1-3-11(4-9)20(22)23/h1-7H,8H2/b13-5+. The van der Waals surface area contributed by atoms with E-state index in [1.54, 1.807) is 18.2 Å². The Morgan fingerprint density at radius 1 is 1.19 bits per heavy atom. The molecule has 0 spiro atoms. The lowest BCUT2D eigenvalue weighted by molar-refractivity contribution is -0.384. The number of nitro benzene ring substituents is 1. The van der Waals surface area contributed by atoms with Crippen LogP contribution in [0.5, 0.6) is 11.5 Å². The van der Waals surface area contributed by atoms with Crippen LogP contribution in [0.3, 0.4) is 0 Å². The van der Waals surface area contributed by atoms with E-state index >= 15 is 0 Å². The zero-order chi connectivity index (χ0) is 18.3. The molecule has 0 unspecified atom stereocenters. The molecule has 8 nitrogen and oxygen atoms in total. The number of rotatable bonds is 3. The van der Waals surface area contributed by atoms with Crippen LogP contribution in [0.2, 0.25) is 5.02 Å². The van der Waals surface area contributed by atoms with Gasteiger partial charge in [-0.3, -0.25) is 10.1 Å². The van der Waals surface area contributed by atoms with Crippen LogP contribution < -0.4 is 9.47 Å². The summed E-state index contributed by atoms with van der Waals surface area (Å²) < 4.78 is 15.6. The maximum Gasteiger partial charge on any atom is 0.363 e. The van der Waals surface area contributed by atoms with Gasteiger partial charge in [-0.25, -0.2) is 9.79 Å². The highest BCUT2D eigenvalue weighted by Gasteiger charge is 2.26. The molecule has 4 rings (SSSR count). The Balaban J connectivity index is 1.70. The van der Waals surface area contributed by atoms with Crippen LogP contribution in [0.1, 0.15) is 11.1 Å². The van der Waals surface area contributed by atoms with Gasteiger partial charge in [0.25, 0.3) is 5.69 Å². The maximum atomic E-state index is 12.1. The second-order valence-electron chi connectivity index (χ2n) is 5.37. The number of cyclic esters (lactones) is 1. The van der Waals surface area contributed by atoms with Gasteiger partial charge in [0.05, 0.1) is 9.95 Å². The summed E-state index contributed by atoms with van der Waals surface area (Å²) >= 11 is 6.19. The Labute approximate surface area is 151 Å². The average Bonchev–Trinajstić information content (AvgIpc) is 3.22. The summed E-state index contributed by atoms with van der Waals surface area (Å²) in [6.45, 7) is 0.100. The van der Waals surface area contributed by atoms with Gasteiger partial charge in [-0.05, 0) is 23.8 Å². The molecule has 0 atom stereocenters. The molecule has 2 aliphatic rings. The molecule has 0 saturated heterocycles. The first-order chi connectivity index (χ1) is 12.5. The fourth-order valence-corrected chi connectivity index (χ4v) is 2.68. The third kappa shape index (κ3) is 2.86. The number of fused-ring (bicyclic) bond motifs is 1. The second-order valence-corrected chi connectivity index (χ2v) is 5.78. The minimum atomic E-state index is -0.680. The third-order valence-electron chi connectivity index (χ3n) is 3.71. The van der Waals surface area contributed by atoms with Gasteiger partial charge in [-0.1, -0.05) is 17.7 Å². The van der Waals surface area contributed by atoms with Crippen molar-refractivity contribution in [3.8, 4) is 11.5 Å². The SMILES string of the molecule is O=C1OC(c2cccc([N+](=O)[O-])c2)=N/C1=C/c1cc2c(cc1Cl)OCO2. The minimum Gasteiger partial charge on any atom is -0.454 e. The highest BCUT2D eigenvalue weighted by atomic mass is 35.5. The summed E-state index contributed by atoms with van der Waals surface area (Å²) in [6.07, 6.45) is 1.46. The van der Waals surface area contributed by atoms with E-state index < -0.39 is 10.9 Å². The van der Waals surface area contributed by atoms with Gasteiger partial charge in [0, 0.05) is 23.8 Å². The zero-order valence-corrected chi connectivity index (χ0v) is 13.7. The number of halogens is 1. The van der Waals surface area contributed by atoms with Crippen molar-refractivity contribution in [2.45, 2.75) is 0 Å². The lowest BCUT2D eigenvalue weighted by Gasteiger charge is -2.01. The van der Waals surface area contributed by atoms with E-state index in [0.29, 0.717) is 27.6 Å². The quantitative estimate of drug-likeness (QED) is 0.354. The normalized spacial score (nSPS) is 16.6. The highest BCUT2D eigenvalue weighted by molar-refractivity contribution is 6.32. The Bertz CT molecular complexity index is 1010. The molecule has 0 radical (unpaired) electrons. The molecule has 0 fully saturated rings. The Kier molecular flexibility index (Phi) is 3.81. The van der Waals surface area contributed by atoms with E-state index in [9.17, 15) is 14.9 Å². The van der Waals surface area contributed by atoms with Crippen molar-refractivity contribution in [3.63, 3.8) is 0 Å². The van der Waals surface area contributed by atoms with Gasteiger partial charge < -0.3 is 14.2 Å². The molecule has 2 aromatic rings. The van der Waals surface area contributed by atoms with Crippen LogP contribution in [0.4, 0.5) is 5.69 Å². The maximum absolute atomic E-state index is 12.1. The molecule has 26 heavy (non-hydrogen) atoms. The Morgan fingerprint density at radius 3 is 2.73 bits per heavy atom. The van der Waals surface area contributed by atoms with Crippen molar-refractivity contribution < 1.29 is 23.9 Å². The largest absolute Gasteiger partial charge is 0.454 e. The third-order valence-corrected chi connectivity index (χ3v) is 4.04. The number of ether oxygens (including phenoxy) is 3. The van der Waals surface area contributed by atoms with Gasteiger partial charge in [0.15, 0.2) is 17.2 Å². The molecule has 0 aliphatic carbocycles. The number of hydrogen-bond donors (Lipinski definition) is 0. The highest BCUT2D eigenvalue weighted by Crippen LogP contribution is 2.38. The van der Waals surface area contributed by atoms with E-state index in [1.807, 2.05) is 0 Å². The number of esters is 1. The van der Waals surface area contributed by atoms with Crippen molar-refractivity contribution in [3.05, 3.63) is 68.4 Å². The monoisotopic (exact) mass is 372 g/mol. The predicted molar refractivity (Wildman–Crippen MR) is 91.3 cm³/mol. The molecule has 9 heteroatoms. The smallest absolute Gasteiger partial charge is 0.363 e. The van der Waals surface area contributed by atoms with Crippen molar-refractivity contribution >= 4 is 35.2 Å². The van der Waals surface area contributed by atoms with Crippen LogP contribution in [0, 0.1) is 10.1 Å². The Hall–Kier alpha value is -3.39. The lowest BCUT2D eigenvalue weighted by Crippen LogP contribution is -2.05. The molecule has 2 aliphatic heterocycles. The van der Waals surface area contributed by atoms with E-state index in [1.165, 1.54) is 24.3 Å². The Morgan fingerprint density at radius 2 is 1.96 bits per heavy atom. The van der Waals surface area contributed by atoms with E-state index in [-0.39, 0.29) is 24.1 Å². The number of nitro groups is 1. The summed E-state index contributed by atoms with van der Waals surface area (Å²) in [5.41, 5.74) is 0.726. The number of hydrogen-bond acceptors (Lipinski definition) is 7. The zero-order valence-electron chi connectivity index (χ0n) is 13.0. The first-order valence-corrected chi connectivity index (χ1v) is 7.75. The molecule has 0 N–H and O–H groups in total. The van der Waals surface area contributed by atoms with Crippen molar-refractivity contribution in [2.75, 3.05) is 6.79 Å². The van der Waals surface area contributed by atoms with Crippen molar-refractivity contribution in [1.82, 2.24) is 0 Å². The summed E-state index contributed by atoms with van der Waals surface area (Å²) in [5, 5.41) is 11.2. The van der Waals surface area contributed by atoms with E-state index in [0.717, 1.165) is 0 Å². The van der Waals surface area contributed by atoms with Crippen LogP contribution in [-0.4, -0.2) is 23.6 Å². The average molecular weight is 373 g/mol. The van der Waals surface area contributed by atoms with E-state index in [4.69, 9.17) is 25.8 Å². The number of aliphatic imine (C=N–C) groups is 1. The molecule has 0 saturated carbocycles. The van der Waals surface area contributed by atoms with Gasteiger partial charge >= 0.3 is 5.97 Å². The summed E-state index contributed by atoms with van der Waals surface area (Å²) in [6, 6.07) is 8.88. The summed E-state index contributed by atoms with van der Waals surface area (Å²) in [5.74, 6) is 0.337. The molecule has 0 bridgehead atoms. The van der Waals surface area contributed by atoms with E-state index in [2.05, 4.69) is 4.99 Å². The molecule has 130 valence electrons. The number of non-ortho nitro benzene ring substituents is 1. The van der Waals surface area contributed by atoms with Gasteiger partial charge in [0.1, 0.15) is 0 Å². The van der Waals surface area contributed by atoms with Crippen molar-refractivity contribution in [1.29, 1.82) is 0 Å². The first kappa shape index (κ1) is 16.1. The molecular weight excluding hydrogens is 364 g/mol. The number of carbonyl (C=O) groups excluding carboxylic acids is 1. The topological polar surface area (TPSA) is 100 Å². The van der Waals surface area contributed by atoms with Crippen LogP contribution in [0.15, 0.2) is 47.1 Å².